The van der Waals surface area contributed by atoms with Crippen LogP contribution in [0.3, 0.4) is 0 Å². The molecule has 284 valence electrons. The van der Waals surface area contributed by atoms with Crippen molar-refractivity contribution in [2.24, 2.45) is 0 Å². The number of fused-ring (bicyclic) bond motifs is 13. The summed E-state index contributed by atoms with van der Waals surface area (Å²) in [5, 5.41) is 15.5. The highest BCUT2D eigenvalue weighted by Gasteiger charge is 2.21. The molecule has 0 saturated carbocycles. The van der Waals surface area contributed by atoms with Crippen molar-refractivity contribution in [1.82, 2.24) is 0 Å². The van der Waals surface area contributed by atoms with E-state index in [9.17, 15) is 0 Å². The van der Waals surface area contributed by atoms with Crippen LogP contribution in [0.5, 0.6) is 0 Å². The van der Waals surface area contributed by atoms with Crippen LogP contribution >= 0.6 is 22.7 Å². The smallest absolute Gasteiger partial charge is 0.0476 e. The van der Waals surface area contributed by atoms with Gasteiger partial charge in [0.15, 0.2) is 0 Å². The fraction of sp³-hybridized carbons (Fsp3) is 0. The van der Waals surface area contributed by atoms with Crippen LogP contribution < -0.4 is 4.90 Å². The normalized spacial score (nSPS) is 11.9. The minimum absolute atomic E-state index is 1.12. The number of benzene rings is 11. The topological polar surface area (TPSA) is 3.24 Å². The van der Waals surface area contributed by atoms with Crippen molar-refractivity contribution in [2.75, 3.05) is 4.90 Å². The van der Waals surface area contributed by atoms with E-state index in [1.54, 1.807) is 0 Å². The molecule has 0 saturated heterocycles. The molecule has 0 unspecified atom stereocenters. The van der Waals surface area contributed by atoms with E-state index in [0.717, 1.165) is 17.1 Å². The van der Waals surface area contributed by atoms with E-state index >= 15 is 0 Å². The zero-order valence-electron chi connectivity index (χ0n) is 33.0. The molecule has 13 aromatic rings. The Labute approximate surface area is 360 Å². The van der Waals surface area contributed by atoms with Crippen LogP contribution in [0, 0.1) is 0 Å². The van der Waals surface area contributed by atoms with Gasteiger partial charge in [0.2, 0.25) is 0 Å². The molecule has 0 fully saturated rings. The van der Waals surface area contributed by atoms with Crippen molar-refractivity contribution in [3.05, 3.63) is 212 Å². The summed E-state index contributed by atoms with van der Waals surface area (Å²) in [6.07, 6.45) is 0. The fourth-order valence-electron chi connectivity index (χ4n) is 9.92. The molecule has 0 aliphatic heterocycles. The number of thiophene rings is 2. The van der Waals surface area contributed by atoms with E-state index in [1.165, 1.54) is 106 Å². The van der Waals surface area contributed by atoms with Gasteiger partial charge in [0.1, 0.15) is 0 Å². The molecule has 0 N–H and O–H groups in total. The summed E-state index contributed by atoms with van der Waals surface area (Å²) in [4.78, 5) is 2.45. The zero-order valence-corrected chi connectivity index (χ0v) is 34.6. The summed E-state index contributed by atoms with van der Waals surface area (Å²) in [7, 11) is 0. The molecule has 0 aliphatic carbocycles. The molecule has 0 bridgehead atoms. The van der Waals surface area contributed by atoms with Crippen molar-refractivity contribution >= 4 is 123 Å². The van der Waals surface area contributed by atoms with E-state index in [1.807, 2.05) is 22.7 Å². The summed E-state index contributed by atoms with van der Waals surface area (Å²) >= 11 is 3.76. The minimum Gasteiger partial charge on any atom is -0.310 e. The van der Waals surface area contributed by atoms with E-state index in [0.29, 0.717) is 0 Å². The number of hydrogen-bond acceptors (Lipinski definition) is 3. The average Bonchev–Trinajstić information content (AvgIpc) is 3.90. The lowest BCUT2D eigenvalue weighted by atomic mass is 9.85. The second-order valence-electron chi connectivity index (χ2n) is 16.0. The maximum Gasteiger partial charge on any atom is 0.0476 e. The Hall–Kier alpha value is -7.30. The van der Waals surface area contributed by atoms with Crippen LogP contribution in [0.15, 0.2) is 212 Å². The first kappa shape index (κ1) is 34.6. The van der Waals surface area contributed by atoms with Gasteiger partial charge in [-0.05, 0) is 114 Å². The monoisotopic (exact) mass is 809 g/mol. The van der Waals surface area contributed by atoms with E-state index < -0.39 is 0 Å². The van der Waals surface area contributed by atoms with Crippen LogP contribution in [0.4, 0.5) is 17.1 Å². The molecule has 3 heteroatoms. The van der Waals surface area contributed by atoms with Crippen LogP contribution in [-0.4, -0.2) is 0 Å². The fourth-order valence-corrected chi connectivity index (χ4v) is 12.2. The highest BCUT2D eigenvalue weighted by Crippen LogP contribution is 2.48. The lowest BCUT2D eigenvalue weighted by molar-refractivity contribution is 1.30. The number of anilines is 3. The van der Waals surface area contributed by atoms with Gasteiger partial charge in [-0.25, -0.2) is 0 Å². The highest BCUT2D eigenvalue weighted by atomic mass is 32.1. The highest BCUT2D eigenvalue weighted by molar-refractivity contribution is 7.26. The molecule has 61 heavy (non-hydrogen) atoms. The first-order valence-electron chi connectivity index (χ1n) is 20.8. The first-order chi connectivity index (χ1) is 30.2. The van der Waals surface area contributed by atoms with Crippen molar-refractivity contribution < 1.29 is 0 Å². The molecular formula is C58H35NS2. The molecular weight excluding hydrogens is 775 g/mol. The number of rotatable bonds is 5. The quantitative estimate of drug-likeness (QED) is 0.157. The van der Waals surface area contributed by atoms with Crippen molar-refractivity contribution in [3.8, 4) is 22.3 Å². The molecule has 13 rings (SSSR count). The predicted octanol–water partition coefficient (Wildman–Crippen LogP) is 17.8. The lowest BCUT2D eigenvalue weighted by Gasteiger charge is -2.26. The largest absolute Gasteiger partial charge is 0.310 e. The summed E-state index contributed by atoms with van der Waals surface area (Å²) in [6.45, 7) is 0. The summed E-state index contributed by atoms with van der Waals surface area (Å²) in [6, 6.07) is 78.7. The summed E-state index contributed by atoms with van der Waals surface area (Å²) in [5.74, 6) is 0. The Kier molecular flexibility index (Phi) is 7.71. The molecule has 11 aromatic carbocycles. The van der Waals surface area contributed by atoms with Crippen LogP contribution in [0.25, 0.3) is 106 Å². The summed E-state index contributed by atoms with van der Waals surface area (Å²) < 4.78 is 5.21. The number of nitrogens with zero attached hydrogens (tertiary/aromatic N) is 1. The Morgan fingerprint density at radius 3 is 1.18 bits per heavy atom. The molecule has 2 aromatic heterocycles. The van der Waals surface area contributed by atoms with Crippen molar-refractivity contribution in [1.29, 1.82) is 0 Å². The number of hydrogen-bond donors (Lipinski definition) is 0. The Morgan fingerprint density at radius 2 is 0.672 bits per heavy atom. The van der Waals surface area contributed by atoms with Gasteiger partial charge in [-0.3, -0.25) is 0 Å². The standard InChI is InChI=1S/C58H35NS2/c1-2-14-38(15-3-1)55-47-20-10-8-18-45(47)46-19-9-11-21-48(46)56(55)39-22-26-40(27-23-39)59(41-28-30-49-53(34-41)60-51-32-24-36-12-4-6-16-43(36)57(49)51)42-29-31-50-54(35-42)61-52-33-25-37-13-5-7-17-44(37)58(50)52/h1-35H. The van der Waals surface area contributed by atoms with E-state index in [4.69, 9.17) is 0 Å². The van der Waals surface area contributed by atoms with Gasteiger partial charge in [-0.15, -0.1) is 22.7 Å². The SMILES string of the molecule is c1ccc(-c2c(-c3ccc(N(c4ccc5c(c4)sc4ccc6ccccc6c45)c4ccc5c(c4)sc4ccc6ccccc6c45)cc3)c3ccccc3c3ccccc23)cc1. The van der Waals surface area contributed by atoms with Gasteiger partial charge in [-0.2, -0.15) is 0 Å². The Morgan fingerprint density at radius 1 is 0.262 bits per heavy atom. The van der Waals surface area contributed by atoms with E-state index in [-0.39, 0.29) is 0 Å². The van der Waals surface area contributed by atoms with Gasteiger partial charge < -0.3 is 4.90 Å². The second kappa shape index (κ2) is 13.6. The maximum absolute atomic E-state index is 2.45. The molecule has 0 aliphatic rings. The molecule has 0 atom stereocenters. The van der Waals surface area contributed by atoms with Crippen LogP contribution in [0.1, 0.15) is 0 Å². The van der Waals surface area contributed by atoms with E-state index in [2.05, 4.69) is 217 Å². The van der Waals surface area contributed by atoms with Crippen LogP contribution in [0.2, 0.25) is 0 Å². The second-order valence-corrected chi connectivity index (χ2v) is 18.1. The molecule has 1 nitrogen and oxygen atoms in total. The average molecular weight is 810 g/mol. The Balaban J connectivity index is 1.02. The minimum atomic E-state index is 1.12. The first-order valence-corrected chi connectivity index (χ1v) is 22.5. The third kappa shape index (κ3) is 5.38. The predicted molar refractivity (Wildman–Crippen MR) is 268 cm³/mol. The lowest BCUT2D eigenvalue weighted by Crippen LogP contribution is -2.09. The van der Waals surface area contributed by atoms with Crippen LogP contribution in [-0.2, 0) is 0 Å². The molecule has 0 spiro atoms. The summed E-state index contributed by atoms with van der Waals surface area (Å²) in [5.41, 5.74) is 8.35. The van der Waals surface area contributed by atoms with Gasteiger partial charge >= 0.3 is 0 Å². The third-order valence-corrected chi connectivity index (χ3v) is 14.9. The molecule has 0 radical (unpaired) electrons. The maximum atomic E-state index is 2.45. The zero-order chi connectivity index (χ0) is 40.0. The van der Waals surface area contributed by atoms with Gasteiger partial charge in [0.25, 0.3) is 0 Å². The third-order valence-electron chi connectivity index (χ3n) is 12.6. The Bertz CT molecular complexity index is 3720. The van der Waals surface area contributed by atoms with Crippen molar-refractivity contribution in [3.63, 3.8) is 0 Å². The van der Waals surface area contributed by atoms with Gasteiger partial charge in [0.05, 0.1) is 0 Å². The van der Waals surface area contributed by atoms with Gasteiger partial charge in [0, 0.05) is 57.4 Å². The van der Waals surface area contributed by atoms with Crippen molar-refractivity contribution in [2.45, 2.75) is 0 Å². The molecule has 0 amide bonds. The van der Waals surface area contributed by atoms with Gasteiger partial charge in [-0.1, -0.05) is 164 Å². The molecule has 2 heterocycles.